The van der Waals surface area contributed by atoms with E-state index in [1.807, 2.05) is 6.92 Å². The van der Waals surface area contributed by atoms with Crippen molar-refractivity contribution in [2.75, 3.05) is 13.2 Å². The quantitative estimate of drug-likeness (QED) is 0.456. The molecule has 2 rings (SSSR count). The molecule has 5 nitrogen and oxygen atoms in total. The van der Waals surface area contributed by atoms with Crippen LogP contribution in [0.15, 0.2) is 29.2 Å². The molecule has 1 aliphatic heterocycles. The minimum atomic E-state index is -3.76. The summed E-state index contributed by atoms with van der Waals surface area (Å²) in [5, 5.41) is 0. The van der Waals surface area contributed by atoms with Crippen LogP contribution in [0.2, 0.25) is 0 Å². The van der Waals surface area contributed by atoms with Gasteiger partial charge in [-0.05, 0) is 44.7 Å². The van der Waals surface area contributed by atoms with Crippen molar-refractivity contribution in [2.24, 2.45) is 0 Å². The van der Waals surface area contributed by atoms with E-state index in [2.05, 4.69) is 6.92 Å². The number of benzene rings is 1. The first kappa shape index (κ1) is 20.4. The standard InChI is InChI=1S/C19H30O5S/c1-3-4-5-8-17(24-19-9-6-7-14-22-19)15-23-25(20,21)18-12-10-16(2)11-13-18/h10-13,17,19H,3-9,14-15H2,1-2H3/t17-,19?/m1/s1. The van der Waals surface area contributed by atoms with Gasteiger partial charge in [0.15, 0.2) is 6.29 Å². The van der Waals surface area contributed by atoms with Crippen LogP contribution >= 0.6 is 0 Å². The number of aryl methyl sites for hydroxylation is 1. The molecule has 0 saturated carbocycles. The molecule has 142 valence electrons. The number of hydrogen-bond donors (Lipinski definition) is 0. The Kier molecular flexibility index (Phi) is 8.36. The van der Waals surface area contributed by atoms with Gasteiger partial charge < -0.3 is 9.47 Å². The third-order valence-corrected chi connectivity index (χ3v) is 5.63. The molecule has 0 radical (unpaired) electrons. The van der Waals surface area contributed by atoms with E-state index in [0.717, 1.165) is 50.5 Å². The van der Waals surface area contributed by atoms with Crippen LogP contribution in [0.4, 0.5) is 0 Å². The summed E-state index contributed by atoms with van der Waals surface area (Å²) < 4.78 is 41.6. The maximum Gasteiger partial charge on any atom is 0.297 e. The first-order valence-corrected chi connectivity index (χ1v) is 10.7. The van der Waals surface area contributed by atoms with Crippen molar-refractivity contribution in [1.82, 2.24) is 0 Å². The fraction of sp³-hybridized carbons (Fsp3) is 0.684. The molecule has 6 heteroatoms. The summed E-state index contributed by atoms with van der Waals surface area (Å²) in [6.07, 6.45) is 6.44. The minimum Gasteiger partial charge on any atom is -0.353 e. The van der Waals surface area contributed by atoms with Gasteiger partial charge >= 0.3 is 0 Å². The number of ether oxygens (including phenoxy) is 2. The van der Waals surface area contributed by atoms with E-state index in [0.29, 0.717) is 6.61 Å². The lowest BCUT2D eigenvalue weighted by Crippen LogP contribution is -2.31. The average Bonchev–Trinajstić information content (AvgIpc) is 2.61. The van der Waals surface area contributed by atoms with Crippen molar-refractivity contribution in [3.63, 3.8) is 0 Å². The van der Waals surface area contributed by atoms with E-state index in [1.54, 1.807) is 24.3 Å². The van der Waals surface area contributed by atoms with E-state index < -0.39 is 10.1 Å². The van der Waals surface area contributed by atoms with Crippen LogP contribution in [0.1, 0.15) is 57.4 Å². The Labute approximate surface area is 151 Å². The van der Waals surface area contributed by atoms with E-state index >= 15 is 0 Å². The Morgan fingerprint density at radius 2 is 1.96 bits per heavy atom. The fourth-order valence-corrected chi connectivity index (χ4v) is 3.72. The maximum atomic E-state index is 12.4. The van der Waals surface area contributed by atoms with Gasteiger partial charge in [0.05, 0.1) is 17.6 Å². The maximum absolute atomic E-state index is 12.4. The molecule has 1 saturated heterocycles. The van der Waals surface area contributed by atoms with E-state index in [-0.39, 0.29) is 23.9 Å². The van der Waals surface area contributed by atoms with Crippen LogP contribution in [0.25, 0.3) is 0 Å². The van der Waals surface area contributed by atoms with Crippen LogP contribution in [-0.2, 0) is 23.8 Å². The average molecular weight is 371 g/mol. The van der Waals surface area contributed by atoms with Crippen molar-refractivity contribution in [3.05, 3.63) is 29.8 Å². The van der Waals surface area contributed by atoms with Crippen LogP contribution < -0.4 is 0 Å². The normalized spacial score (nSPS) is 19.7. The largest absolute Gasteiger partial charge is 0.353 e. The van der Waals surface area contributed by atoms with Gasteiger partial charge in [-0.2, -0.15) is 8.42 Å². The molecule has 1 aromatic carbocycles. The second-order valence-electron chi connectivity index (χ2n) is 6.60. The molecule has 25 heavy (non-hydrogen) atoms. The molecule has 0 spiro atoms. The van der Waals surface area contributed by atoms with Gasteiger partial charge in [0.25, 0.3) is 10.1 Å². The molecule has 0 amide bonds. The van der Waals surface area contributed by atoms with Gasteiger partial charge in [-0.25, -0.2) is 0 Å². The first-order valence-electron chi connectivity index (χ1n) is 9.24. The highest BCUT2D eigenvalue weighted by atomic mass is 32.2. The lowest BCUT2D eigenvalue weighted by Gasteiger charge is -2.27. The zero-order chi connectivity index (χ0) is 18.1. The van der Waals surface area contributed by atoms with Crippen LogP contribution in [0.3, 0.4) is 0 Å². The van der Waals surface area contributed by atoms with E-state index in [4.69, 9.17) is 13.7 Å². The lowest BCUT2D eigenvalue weighted by molar-refractivity contribution is -0.194. The van der Waals surface area contributed by atoms with Gasteiger partial charge in [0.2, 0.25) is 0 Å². The minimum absolute atomic E-state index is 0.0276. The topological polar surface area (TPSA) is 61.8 Å². The highest BCUT2D eigenvalue weighted by Crippen LogP contribution is 2.20. The summed E-state index contributed by atoms with van der Waals surface area (Å²) in [4.78, 5) is 0.180. The highest BCUT2D eigenvalue weighted by molar-refractivity contribution is 7.86. The Bertz CT molecular complexity index is 591. The predicted octanol–water partition coefficient (Wildman–Crippen LogP) is 4.19. The van der Waals surface area contributed by atoms with Crippen molar-refractivity contribution in [2.45, 2.75) is 76.1 Å². The second kappa shape index (κ2) is 10.3. The molecule has 0 bridgehead atoms. The van der Waals surface area contributed by atoms with Crippen molar-refractivity contribution in [1.29, 1.82) is 0 Å². The van der Waals surface area contributed by atoms with Crippen molar-refractivity contribution in [3.8, 4) is 0 Å². The smallest absolute Gasteiger partial charge is 0.297 e. The SMILES string of the molecule is CCCCC[C@H](COS(=O)(=O)c1ccc(C)cc1)OC1CCCCO1. The van der Waals surface area contributed by atoms with Crippen molar-refractivity contribution < 1.29 is 22.1 Å². The summed E-state index contributed by atoms with van der Waals surface area (Å²) in [5.41, 5.74) is 1.01. The van der Waals surface area contributed by atoms with Gasteiger partial charge in [-0.1, -0.05) is 43.9 Å². The zero-order valence-electron chi connectivity index (χ0n) is 15.3. The Hall–Kier alpha value is -0.950. The third kappa shape index (κ3) is 7.05. The molecule has 1 aromatic rings. The Morgan fingerprint density at radius 1 is 1.20 bits per heavy atom. The molecule has 0 aliphatic carbocycles. The van der Waals surface area contributed by atoms with Gasteiger partial charge in [-0.15, -0.1) is 0 Å². The van der Waals surface area contributed by atoms with Crippen molar-refractivity contribution >= 4 is 10.1 Å². The zero-order valence-corrected chi connectivity index (χ0v) is 16.1. The van der Waals surface area contributed by atoms with Gasteiger partial charge in [-0.3, -0.25) is 4.18 Å². The van der Waals surface area contributed by atoms with Crippen LogP contribution in [-0.4, -0.2) is 34.0 Å². The third-order valence-electron chi connectivity index (χ3n) is 4.33. The first-order chi connectivity index (χ1) is 12.0. The Morgan fingerprint density at radius 3 is 2.60 bits per heavy atom. The van der Waals surface area contributed by atoms with Crippen LogP contribution in [0, 0.1) is 6.92 Å². The summed E-state index contributed by atoms with van der Waals surface area (Å²) >= 11 is 0. The number of unbranched alkanes of at least 4 members (excludes halogenated alkanes) is 2. The predicted molar refractivity (Wildman–Crippen MR) is 96.9 cm³/mol. The molecule has 1 aliphatic rings. The molecule has 1 unspecified atom stereocenters. The molecular weight excluding hydrogens is 340 g/mol. The summed E-state index contributed by atoms with van der Waals surface area (Å²) in [6.45, 7) is 4.78. The molecule has 0 aromatic heterocycles. The van der Waals surface area contributed by atoms with Gasteiger partial charge in [0, 0.05) is 6.61 Å². The fourth-order valence-electron chi connectivity index (χ4n) is 2.78. The molecule has 1 heterocycles. The van der Waals surface area contributed by atoms with E-state index in [9.17, 15) is 8.42 Å². The lowest BCUT2D eigenvalue weighted by atomic mass is 10.1. The number of rotatable bonds is 10. The van der Waals surface area contributed by atoms with E-state index in [1.165, 1.54) is 0 Å². The highest BCUT2D eigenvalue weighted by Gasteiger charge is 2.23. The summed E-state index contributed by atoms with van der Waals surface area (Å²) in [5.74, 6) is 0. The monoisotopic (exact) mass is 370 g/mol. The number of hydrogen-bond acceptors (Lipinski definition) is 5. The van der Waals surface area contributed by atoms with Gasteiger partial charge in [0.1, 0.15) is 0 Å². The molecular formula is C19H30O5S. The van der Waals surface area contributed by atoms with Crippen LogP contribution in [0.5, 0.6) is 0 Å². The molecule has 2 atom stereocenters. The summed E-state index contributed by atoms with van der Waals surface area (Å²) in [7, 11) is -3.76. The Balaban J connectivity index is 1.93. The summed E-state index contributed by atoms with van der Waals surface area (Å²) in [6, 6.07) is 6.67. The molecule has 0 N–H and O–H groups in total. The second-order valence-corrected chi connectivity index (χ2v) is 8.22. The molecule has 1 fully saturated rings.